The zero-order valence-electron chi connectivity index (χ0n) is 26.0. The first-order chi connectivity index (χ1) is 20.3. The van der Waals surface area contributed by atoms with Crippen LogP contribution in [0.1, 0.15) is 52.3 Å². The number of fused-ring (bicyclic) bond motifs is 2. The highest BCUT2D eigenvalue weighted by atomic mass is 16.6. The molecule has 1 unspecified atom stereocenters. The van der Waals surface area contributed by atoms with Crippen molar-refractivity contribution in [1.82, 2.24) is 30.6 Å². The second-order valence-electron chi connectivity index (χ2n) is 13.2. The van der Waals surface area contributed by atoms with Crippen LogP contribution in [0.4, 0.5) is 22.1 Å². The Bertz CT molecular complexity index is 1380. The molecule has 5 rings (SSSR count). The SMILES string of the molecule is CN1CCN(c2ccc(Nc3ncc4c(n3)C3=C(C(C(=O)O)N(CCCNC(=O)OC(C)(C)C)N3)C(C)(C)C4)cc2)CC1. The van der Waals surface area contributed by atoms with Gasteiger partial charge in [-0.3, -0.25) is 4.79 Å². The fourth-order valence-electron chi connectivity index (χ4n) is 5.98. The van der Waals surface area contributed by atoms with E-state index in [2.05, 4.69) is 63.9 Å². The van der Waals surface area contributed by atoms with Crippen LogP contribution in [0, 0.1) is 5.41 Å². The van der Waals surface area contributed by atoms with Gasteiger partial charge >= 0.3 is 12.1 Å². The Morgan fingerprint density at radius 1 is 1.14 bits per heavy atom. The summed E-state index contributed by atoms with van der Waals surface area (Å²) in [6, 6.07) is 7.44. The van der Waals surface area contributed by atoms with Gasteiger partial charge in [0.25, 0.3) is 0 Å². The largest absolute Gasteiger partial charge is 0.480 e. The number of anilines is 3. The first-order valence-electron chi connectivity index (χ1n) is 15.0. The third-order valence-electron chi connectivity index (χ3n) is 8.04. The molecule has 0 bridgehead atoms. The third-order valence-corrected chi connectivity index (χ3v) is 8.04. The number of carbonyl (C=O) groups excluding carboxylic acids is 1. The predicted molar refractivity (Wildman–Crippen MR) is 166 cm³/mol. The summed E-state index contributed by atoms with van der Waals surface area (Å²) in [7, 11) is 2.15. The van der Waals surface area contributed by atoms with Gasteiger partial charge in [0, 0.05) is 56.8 Å². The molecule has 1 atom stereocenters. The number of hydrogen-bond donors (Lipinski definition) is 4. The average Bonchev–Trinajstić information content (AvgIpc) is 3.33. The van der Waals surface area contributed by atoms with Crippen LogP contribution >= 0.6 is 0 Å². The van der Waals surface area contributed by atoms with E-state index in [4.69, 9.17) is 9.72 Å². The maximum absolute atomic E-state index is 12.6. The molecule has 4 N–H and O–H groups in total. The molecule has 1 aliphatic carbocycles. The Kier molecular flexibility index (Phi) is 8.53. The van der Waals surface area contributed by atoms with Gasteiger partial charge in [-0.05, 0) is 81.5 Å². The summed E-state index contributed by atoms with van der Waals surface area (Å²) >= 11 is 0. The van der Waals surface area contributed by atoms with Gasteiger partial charge in [0.1, 0.15) is 5.60 Å². The summed E-state index contributed by atoms with van der Waals surface area (Å²) in [6.07, 6.45) is 2.50. The zero-order chi connectivity index (χ0) is 30.9. The highest BCUT2D eigenvalue weighted by Crippen LogP contribution is 2.46. The Labute approximate surface area is 253 Å². The van der Waals surface area contributed by atoms with Crippen molar-refractivity contribution < 1.29 is 19.4 Å². The number of nitrogens with zero attached hydrogens (tertiary/aromatic N) is 5. The van der Waals surface area contributed by atoms with Crippen LogP contribution in [0.5, 0.6) is 0 Å². The van der Waals surface area contributed by atoms with E-state index in [-0.39, 0.29) is 0 Å². The topological polar surface area (TPSA) is 135 Å². The number of amides is 1. The van der Waals surface area contributed by atoms with Gasteiger partial charge in [-0.1, -0.05) is 13.8 Å². The number of carbonyl (C=O) groups is 2. The van der Waals surface area contributed by atoms with Crippen LogP contribution in [0.15, 0.2) is 36.0 Å². The van der Waals surface area contributed by atoms with E-state index < -0.39 is 29.1 Å². The van der Waals surface area contributed by atoms with Crippen LogP contribution < -0.4 is 21.0 Å². The number of likely N-dealkylation sites (N-methyl/N-ethyl adjacent to an activating group) is 1. The number of alkyl carbamates (subject to hydrolysis) is 1. The first kappa shape index (κ1) is 30.6. The minimum Gasteiger partial charge on any atom is -0.480 e. The second-order valence-corrected chi connectivity index (χ2v) is 13.2. The molecule has 43 heavy (non-hydrogen) atoms. The van der Waals surface area contributed by atoms with E-state index in [0.29, 0.717) is 37.6 Å². The molecular formula is C31H44N8O4. The third kappa shape index (κ3) is 7.02. The Morgan fingerprint density at radius 2 is 1.84 bits per heavy atom. The Morgan fingerprint density at radius 3 is 2.49 bits per heavy atom. The number of hydrogen-bond acceptors (Lipinski definition) is 10. The number of rotatable bonds is 8. The second kappa shape index (κ2) is 12.0. The standard InChI is InChI=1S/C31H44N8O4/c1-30(2,3)43-29(42)32-12-7-13-39-26(27(40)41)23-25(36-39)24-20(18-31(23,4)5)19-33-28(35-24)34-21-8-10-22(11-9-21)38-16-14-37(6)15-17-38/h8-11,19,26,36H,7,12-18H2,1-6H3,(H,32,42)(H,40,41)(H,33,34,35). The minimum absolute atomic E-state index is 0.355. The quantitative estimate of drug-likeness (QED) is 0.336. The van der Waals surface area contributed by atoms with Gasteiger partial charge in [0.2, 0.25) is 5.95 Å². The number of piperazine rings is 1. The molecule has 232 valence electrons. The molecule has 2 aromatic rings. The van der Waals surface area contributed by atoms with Gasteiger partial charge < -0.3 is 35.7 Å². The molecule has 1 saturated heterocycles. The van der Waals surface area contributed by atoms with Crippen molar-refractivity contribution in [3.8, 4) is 0 Å². The lowest BCUT2D eigenvalue weighted by molar-refractivity contribution is -0.142. The summed E-state index contributed by atoms with van der Waals surface area (Å²) in [4.78, 5) is 38.8. The van der Waals surface area contributed by atoms with E-state index in [1.807, 2.05) is 39.1 Å². The van der Waals surface area contributed by atoms with E-state index in [1.165, 1.54) is 5.69 Å². The average molecular weight is 593 g/mol. The van der Waals surface area contributed by atoms with Crippen molar-refractivity contribution in [2.24, 2.45) is 5.41 Å². The van der Waals surface area contributed by atoms with E-state index >= 15 is 0 Å². The molecule has 3 heterocycles. The molecule has 3 aliphatic rings. The van der Waals surface area contributed by atoms with E-state index in [0.717, 1.165) is 48.7 Å². The van der Waals surface area contributed by atoms with Gasteiger partial charge in [-0.25, -0.2) is 19.8 Å². The fraction of sp³-hybridized carbons (Fsp3) is 0.548. The summed E-state index contributed by atoms with van der Waals surface area (Å²) in [5.41, 5.74) is 7.62. The number of aliphatic carboxylic acids is 1. The van der Waals surface area contributed by atoms with Crippen molar-refractivity contribution in [2.75, 3.05) is 56.5 Å². The van der Waals surface area contributed by atoms with Crippen LogP contribution in [0.3, 0.4) is 0 Å². The number of aromatic nitrogens is 2. The highest BCUT2D eigenvalue weighted by Gasteiger charge is 2.48. The minimum atomic E-state index is -0.929. The molecule has 1 aromatic carbocycles. The molecule has 0 spiro atoms. The van der Waals surface area contributed by atoms with Crippen LogP contribution in [-0.4, -0.2) is 95.0 Å². The van der Waals surface area contributed by atoms with Crippen molar-refractivity contribution in [1.29, 1.82) is 0 Å². The van der Waals surface area contributed by atoms with Crippen LogP contribution in [0.25, 0.3) is 5.70 Å². The maximum Gasteiger partial charge on any atom is 0.407 e. The maximum atomic E-state index is 12.6. The molecule has 2 aliphatic heterocycles. The Hall–Kier alpha value is -3.90. The predicted octanol–water partition coefficient (Wildman–Crippen LogP) is 3.45. The number of benzene rings is 1. The molecule has 1 fully saturated rings. The van der Waals surface area contributed by atoms with Crippen LogP contribution in [0.2, 0.25) is 0 Å². The molecule has 0 saturated carbocycles. The molecular weight excluding hydrogens is 548 g/mol. The van der Waals surface area contributed by atoms with Gasteiger partial charge in [0.05, 0.1) is 11.4 Å². The number of ether oxygens (including phenoxy) is 1. The normalized spacial score (nSPS) is 20.2. The molecule has 1 amide bonds. The lowest BCUT2D eigenvalue weighted by Crippen LogP contribution is -2.46. The fourth-order valence-corrected chi connectivity index (χ4v) is 5.98. The number of carboxylic acid groups (broad SMARTS) is 1. The monoisotopic (exact) mass is 592 g/mol. The smallest absolute Gasteiger partial charge is 0.407 e. The number of nitrogens with one attached hydrogen (secondary N) is 3. The molecule has 12 heteroatoms. The molecule has 12 nitrogen and oxygen atoms in total. The number of carboxylic acids is 1. The van der Waals surface area contributed by atoms with Crippen molar-refractivity contribution in [3.63, 3.8) is 0 Å². The lowest BCUT2D eigenvalue weighted by Gasteiger charge is -2.34. The van der Waals surface area contributed by atoms with Crippen molar-refractivity contribution >= 4 is 35.1 Å². The van der Waals surface area contributed by atoms with E-state index in [1.54, 1.807) is 5.01 Å². The number of hydrazine groups is 1. The highest BCUT2D eigenvalue weighted by molar-refractivity contribution is 5.86. The van der Waals surface area contributed by atoms with Crippen molar-refractivity contribution in [3.05, 3.63) is 47.3 Å². The van der Waals surface area contributed by atoms with Gasteiger partial charge in [-0.2, -0.15) is 0 Å². The Balaban J connectivity index is 1.30. The van der Waals surface area contributed by atoms with Gasteiger partial charge in [0.15, 0.2) is 6.04 Å². The van der Waals surface area contributed by atoms with Crippen molar-refractivity contribution in [2.45, 2.75) is 59.1 Å². The van der Waals surface area contributed by atoms with Gasteiger partial charge in [-0.15, -0.1) is 0 Å². The summed E-state index contributed by atoms with van der Waals surface area (Å²) < 4.78 is 5.30. The first-order valence-corrected chi connectivity index (χ1v) is 15.0. The summed E-state index contributed by atoms with van der Waals surface area (Å²) in [5, 5.41) is 18.1. The summed E-state index contributed by atoms with van der Waals surface area (Å²) in [5.74, 6) is -0.478. The summed E-state index contributed by atoms with van der Waals surface area (Å²) in [6.45, 7) is 14.4. The molecule has 1 aromatic heterocycles. The molecule has 0 radical (unpaired) electrons. The lowest BCUT2D eigenvalue weighted by atomic mass is 9.71. The zero-order valence-corrected chi connectivity index (χ0v) is 26.0. The van der Waals surface area contributed by atoms with Crippen LogP contribution in [-0.2, 0) is 16.0 Å². The van der Waals surface area contributed by atoms with E-state index in [9.17, 15) is 14.7 Å².